The van der Waals surface area contributed by atoms with Gasteiger partial charge in [0.05, 0.1) is 11.4 Å². The lowest BCUT2D eigenvalue weighted by atomic mass is 10.1. The number of nitrogens with zero attached hydrogens (tertiary/aromatic N) is 3. The van der Waals surface area contributed by atoms with E-state index in [1.807, 2.05) is 78.0 Å². The Morgan fingerprint density at radius 3 is 1.13 bits per heavy atom. The highest BCUT2D eigenvalue weighted by molar-refractivity contribution is 5.82. The van der Waals surface area contributed by atoms with E-state index in [2.05, 4.69) is 144 Å². The Bertz CT molecular complexity index is 1850. The van der Waals surface area contributed by atoms with Gasteiger partial charge in [-0.25, -0.2) is 5.01 Å². The molecule has 0 N–H and O–H groups in total. The van der Waals surface area contributed by atoms with Crippen molar-refractivity contribution in [1.29, 1.82) is 0 Å². The summed E-state index contributed by atoms with van der Waals surface area (Å²) in [5, 5.41) is 6.69. The molecule has 3 nitrogen and oxygen atoms in total. The summed E-state index contributed by atoms with van der Waals surface area (Å²) in [6, 6.07) is 58.4. The van der Waals surface area contributed by atoms with Crippen molar-refractivity contribution in [2.75, 3.05) is 9.91 Å². The van der Waals surface area contributed by atoms with Crippen molar-refractivity contribution < 1.29 is 0 Å². The summed E-state index contributed by atoms with van der Waals surface area (Å²) < 4.78 is 0. The van der Waals surface area contributed by atoms with E-state index in [-0.39, 0.29) is 0 Å². The van der Waals surface area contributed by atoms with E-state index in [1.165, 1.54) is 5.56 Å². The normalized spacial score (nSPS) is 11.6. The van der Waals surface area contributed by atoms with Crippen LogP contribution in [0, 0.1) is 0 Å². The zero-order valence-electron chi connectivity index (χ0n) is 25.5. The number of benzene rings is 6. The fourth-order valence-electron chi connectivity index (χ4n) is 5.07. The zero-order valence-corrected chi connectivity index (χ0v) is 25.5. The Morgan fingerprint density at radius 2 is 0.674 bits per heavy atom. The minimum atomic E-state index is 1.01. The maximum Gasteiger partial charge on any atom is 0.0652 e. The average Bonchev–Trinajstić information content (AvgIpc) is 3.13. The Labute approximate surface area is 272 Å². The summed E-state index contributed by atoms with van der Waals surface area (Å²) >= 11 is 0. The van der Waals surface area contributed by atoms with Crippen LogP contribution in [-0.2, 0) is 0 Å². The lowest BCUT2D eigenvalue weighted by molar-refractivity contribution is 1.09. The van der Waals surface area contributed by atoms with Gasteiger partial charge in [0.15, 0.2) is 0 Å². The van der Waals surface area contributed by atoms with Gasteiger partial charge in [-0.1, -0.05) is 140 Å². The van der Waals surface area contributed by atoms with Gasteiger partial charge in [0, 0.05) is 23.3 Å². The quantitative estimate of drug-likeness (QED) is 0.0845. The van der Waals surface area contributed by atoms with Crippen LogP contribution in [0.2, 0.25) is 0 Å². The number of rotatable bonds is 11. The summed E-state index contributed by atoms with van der Waals surface area (Å²) in [6.07, 6.45) is 14.3. The van der Waals surface area contributed by atoms with Gasteiger partial charge in [-0.2, -0.15) is 5.10 Å². The number of hydrogen-bond acceptors (Lipinski definition) is 3. The minimum Gasteiger partial charge on any atom is -0.311 e. The fraction of sp³-hybridized carbons (Fsp3) is 0. The molecule has 0 unspecified atom stereocenters. The Hall–Kier alpha value is -6.19. The summed E-state index contributed by atoms with van der Waals surface area (Å²) in [5.41, 5.74) is 8.74. The second kappa shape index (κ2) is 15.5. The average molecular weight is 594 g/mol. The molecule has 0 bridgehead atoms. The number of hydrazone groups is 1. The van der Waals surface area contributed by atoms with Gasteiger partial charge < -0.3 is 4.90 Å². The van der Waals surface area contributed by atoms with Crippen LogP contribution >= 0.6 is 0 Å². The molecule has 222 valence electrons. The molecule has 0 radical (unpaired) electrons. The van der Waals surface area contributed by atoms with Gasteiger partial charge >= 0.3 is 0 Å². The van der Waals surface area contributed by atoms with E-state index in [1.54, 1.807) is 0 Å². The van der Waals surface area contributed by atoms with Crippen LogP contribution in [0.5, 0.6) is 0 Å². The van der Waals surface area contributed by atoms with Crippen LogP contribution in [0.4, 0.5) is 28.4 Å². The van der Waals surface area contributed by atoms with E-state index in [0.29, 0.717) is 0 Å². The van der Waals surface area contributed by atoms with E-state index >= 15 is 0 Å². The van der Waals surface area contributed by atoms with Crippen molar-refractivity contribution in [3.63, 3.8) is 0 Å². The van der Waals surface area contributed by atoms with Crippen molar-refractivity contribution in [3.05, 3.63) is 205 Å². The third-order valence-corrected chi connectivity index (χ3v) is 7.36. The molecular formula is C43H35N3. The van der Waals surface area contributed by atoms with Gasteiger partial charge in [-0.3, -0.25) is 0 Å². The van der Waals surface area contributed by atoms with E-state index < -0.39 is 0 Å². The third kappa shape index (κ3) is 8.04. The van der Waals surface area contributed by atoms with Gasteiger partial charge in [0.1, 0.15) is 0 Å². The molecule has 0 aliphatic rings. The van der Waals surface area contributed by atoms with Crippen LogP contribution in [0.3, 0.4) is 0 Å². The molecule has 0 saturated carbocycles. The zero-order chi connectivity index (χ0) is 31.2. The first-order valence-electron chi connectivity index (χ1n) is 15.4. The van der Waals surface area contributed by atoms with Gasteiger partial charge in [-0.05, 0) is 83.4 Å². The Kier molecular flexibility index (Phi) is 10.1. The number of allylic oxidation sites excluding steroid dienone is 3. The Morgan fingerprint density at radius 1 is 0.326 bits per heavy atom. The van der Waals surface area contributed by atoms with Crippen molar-refractivity contribution in [1.82, 2.24) is 0 Å². The lowest BCUT2D eigenvalue weighted by Crippen LogP contribution is -2.09. The van der Waals surface area contributed by atoms with Crippen molar-refractivity contribution in [2.24, 2.45) is 5.10 Å². The molecule has 0 fully saturated rings. The molecule has 0 saturated heterocycles. The highest BCUT2D eigenvalue weighted by Gasteiger charge is 2.12. The van der Waals surface area contributed by atoms with Crippen LogP contribution in [0.15, 0.2) is 193 Å². The SMILES string of the molecule is C(C=Cc1ccc(N(c2ccccc2)c2ccc(C=CC=NN(c3ccccc3)c3ccccc3)cc2)cc1)=Cc1ccccc1. The molecular weight excluding hydrogens is 558 g/mol. The molecule has 3 heteroatoms. The first kappa shape index (κ1) is 29.9. The smallest absolute Gasteiger partial charge is 0.0652 e. The topological polar surface area (TPSA) is 18.8 Å². The minimum absolute atomic E-state index is 1.01. The summed E-state index contributed by atoms with van der Waals surface area (Å²) in [6.45, 7) is 0. The molecule has 6 aromatic carbocycles. The second-order valence-corrected chi connectivity index (χ2v) is 10.6. The van der Waals surface area contributed by atoms with Crippen LogP contribution in [0.25, 0.3) is 18.2 Å². The molecule has 6 rings (SSSR count). The van der Waals surface area contributed by atoms with E-state index in [4.69, 9.17) is 5.10 Å². The summed E-state index contributed by atoms with van der Waals surface area (Å²) in [7, 11) is 0. The van der Waals surface area contributed by atoms with Gasteiger partial charge in [0.25, 0.3) is 0 Å². The molecule has 0 heterocycles. The highest BCUT2D eigenvalue weighted by Crippen LogP contribution is 2.34. The standard InChI is InChI=1S/C43H35N3/c1-5-16-36(17-6-1)18-13-14-19-37-27-31-40(32-28-37)45(39-21-7-2-8-22-39)41-33-29-38(30-34-41)20-15-35-44-46(42-23-9-3-10-24-42)43-25-11-4-12-26-43/h1-35H. The molecule has 0 atom stereocenters. The summed E-state index contributed by atoms with van der Waals surface area (Å²) in [4.78, 5) is 2.27. The first-order chi connectivity index (χ1) is 22.8. The predicted molar refractivity (Wildman–Crippen MR) is 198 cm³/mol. The second-order valence-electron chi connectivity index (χ2n) is 10.6. The summed E-state index contributed by atoms with van der Waals surface area (Å²) in [5.74, 6) is 0. The molecule has 0 aliphatic carbocycles. The van der Waals surface area contributed by atoms with Gasteiger partial charge in [-0.15, -0.1) is 0 Å². The molecule has 46 heavy (non-hydrogen) atoms. The van der Waals surface area contributed by atoms with Crippen molar-refractivity contribution >= 4 is 52.9 Å². The van der Waals surface area contributed by atoms with Crippen LogP contribution in [-0.4, -0.2) is 6.21 Å². The van der Waals surface area contributed by atoms with E-state index in [9.17, 15) is 0 Å². The van der Waals surface area contributed by atoms with Gasteiger partial charge in [0.2, 0.25) is 0 Å². The van der Waals surface area contributed by atoms with Crippen molar-refractivity contribution in [2.45, 2.75) is 0 Å². The van der Waals surface area contributed by atoms with Crippen LogP contribution < -0.4 is 9.91 Å². The number of hydrogen-bond donors (Lipinski definition) is 0. The predicted octanol–water partition coefficient (Wildman–Crippen LogP) is 11.7. The maximum atomic E-state index is 4.75. The monoisotopic (exact) mass is 593 g/mol. The molecule has 0 aliphatic heterocycles. The van der Waals surface area contributed by atoms with Crippen molar-refractivity contribution in [3.8, 4) is 0 Å². The maximum absolute atomic E-state index is 4.75. The largest absolute Gasteiger partial charge is 0.311 e. The fourth-order valence-corrected chi connectivity index (χ4v) is 5.07. The lowest BCUT2D eigenvalue weighted by Gasteiger charge is -2.25. The molecule has 0 spiro atoms. The molecule has 0 amide bonds. The Balaban J connectivity index is 1.17. The third-order valence-electron chi connectivity index (χ3n) is 7.36. The molecule has 6 aromatic rings. The molecule has 0 aromatic heterocycles. The van der Waals surface area contributed by atoms with E-state index in [0.717, 1.165) is 39.6 Å². The number of anilines is 5. The highest BCUT2D eigenvalue weighted by atomic mass is 15.5. The van der Waals surface area contributed by atoms with Crippen LogP contribution in [0.1, 0.15) is 16.7 Å². The first-order valence-corrected chi connectivity index (χ1v) is 15.4. The number of para-hydroxylation sites is 3.